The van der Waals surface area contributed by atoms with Gasteiger partial charge in [-0.05, 0) is 18.2 Å². The molecule has 1 aromatic heterocycles. The molecule has 0 saturated heterocycles. The first-order valence-corrected chi connectivity index (χ1v) is 5.71. The van der Waals surface area contributed by atoms with Crippen LogP contribution in [0.3, 0.4) is 0 Å². The summed E-state index contributed by atoms with van der Waals surface area (Å²) in [5.41, 5.74) is 0.110. The Morgan fingerprint density at radius 2 is 2.07 bits per heavy atom. The smallest absolute Gasteiger partial charge is 0.202 e. The summed E-state index contributed by atoms with van der Waals surface area (Å²) in [4.78, 5) is 0. The molecule has 0 fully saturated rings. The van der Waals surface area contributed by atoms with Gasteiger partial charge in [0.2, 0.25) is 0 Å². The van der Waals surface area contributed by atoms with Crippen molar-refractivity contribution in [2.45, 2.75) is 12.8 Å². The molecule has 0 saturated carbocycles. The van der Waals surface area contributed by atoms with Gasteiger partial charge in [-0.2, -0.15) is 0 Å². The van der Waals surface area contributed by atoms with E-state index in [4.69, 9.17) is 0 Å². The van der Waals surface area contributed by atoms with E-state index in [-0.39, 0.29) is 5.56 Å². The molecule has 0 atom stereocenters. The molecular weight excluding hydrogens is 270 g/mol. The van der Waals surface area contributed by atoms with Crippen molar-refractivity contribution >= 4 is 37.4 Å². The number of halogens is 3. The summed E-state index contributed by atoms with van der Waals surface area (Å²) in [6, 6.07) is 5.44. The zero-order valence-corrected chi connectivity index (χ0v) is 9.75. The summed E-state index contributed by atoms with van der Waals surface area (Å²) < 4.78 is 28.0. The van der Waals surface area contributed by atoms with E-state index in [2.05, 4.69) is 15.9 Å². The number of hydrogen-bond donors (Lipinski definition) is 0. The maximum atomic E-state index is 13.1. The summed E-state index contributed by atoms with van der Waals surface area (Å²) >= 11 is 4.63. The van der Waals surface area contributed by atoms with Crippen LogP contribution in [-0.2, 0) is 5.92 Å². The van der Waals surface area contributed by atoms with E-state index in [1.54, 1.807) is 6.07 Å². The van der Waals surface area contributed by atoms with Crippen LogP contribution < -0.4 is 0 Å². The van der Waals surface area contributed by atoms with Gasteiger partial charge in [0.1, 0.15) is 0 Å². The fourth-order valence-corrected chi connectivity index (χ4v) is 2.72. The van der Waals surface area contributed by atoms with Crippen molar-refractivity contribution in [2.75, 3.05) is 0 Å². The number of alkyl halides is 2. The van der Waals surface area contributed by atoms with Crippen LogP contribution in [-0.4, -0.2) is 0 Å². The van der Waals surface area contributed by atoms with Gasteiger partial charge in [-0.3, -0.25) is 0 Å². The number of rotatable bonds is 1. The molecule has 0 aliphatic carbocycles. The zero-order valence-electron chi connectivity index (χ0n) is 7.35. The molecule has 0 bridgehead atoms. The minimum Gasteiger partial charge on any atom is -0.202 e. The highest BCUT2D eigenvalue weighted by atomic mass is 79.9. The molecule has 2 rings (SSSR count). The van der Waals surface area contributed by atoms with E-state index < -0.39 is 5.92 Å². The van der Waals surface area contributed by atoms with E-state index >= 15 is 0 Å². The van der Waals surface area contributed by atoms with Crippen molar-refractivity contribution in [2.24, 2.45) is 0 Å². The quantitative estimate of drug-likeness (QED) is 0.704. The Morgan fingerprint density at radius 1 is 1.36 bits per heavy atom. The number of hydrogen-bond acceptors (Lipinski definition) is 1. The Balaban J connectivity index is 2.73. The first-order chi connectivity index (χ1) is 6.48. The first-order valence-electron chi connectivity index (χ1n) is 4.03. The highest BCUT2D eigenvalue weighted by molar-refractivity contribution is 9.10. The molecule has 14 heavy (non-hydrogen) atoms. The molecule has 0 aliphatic heterocycles. The van der Waals surface area contributed by atoms with Crippen LogP contribution in [0.2, 0.25) is 0 Å². The van der Waals surface area contributed by atoms with Gasteiger partial charge >= 0.3 is 0 Å². The average Bonchev–Trinajstić information content (AvgIpc) is 2.45. The molecule has 0 unspecified atom stereocenters. The van der Waals surface area contributed by atoms with Crippen molar-refractivity contribution in [1.82, 2.24) is 0 Å². The van der Waals surface area contributed by atoms with Gasteiger partial charge in [0.15, 0.2) is 0 Å². The maximum absolute atomic E-state index is 13.1. The van der Waals surface area contributed by atoms with Gasteiger partial charge in [0.05, 0.1) is 0 Å². The monoisotopic (exact) mass is 276 g/mol. The fourth-order valence-electron chi connectivity index (χ4n) is 1.34. The molecule has 0 nitrogen and oxygen atoms in total. The summed E-state index contributed by atoms with van der Waals surface area (Å²) in [6.45, 7) is 0.926. The van der Waals surface area contributed by atoms with Crippen molar-refractivity contribution in [3.63, 3.8) is 0 Å². The van der Waals surface area contributed by atoms with Gasteiger partial charge in [0, 0.05) is 32.4 Å². The van der Waals surface area contributed by atoms with Crippen LogP contribution in [0.25, 0.3) is 10.1 Å². The molecular formula is C10H7BrF2S. The third-order valence-corrected chi connectivity index (χ3v) is 3.47. The van der Waals surface area contributed by atoms with Crippen LogP contribution in [0, 0.1) is 0 Å². The van der Waals surface area contributed by atoms with Gasteiger partial charge in [0.25, 0.3) is 5.92 Å². The molecule has 1 aromatic carbocycles. The molecule has 0 spiro atoms. The molecule has 2 aromatic rings. The largest absolute Gasteiger partial charge is 0.271 e. The summed E-state index contributed by atoms with van der Waals surface area (Å²) in [5.74, 6) is -2.76. The predicted molar refractivity (Wildman–Crippen MR) is 59.1 cm³/mol. The van der Waals surface area contributed by atoms with Crippen LogP contribution >= 0.6 is 27.3 Å². The molecule has 0 radical (unpaired) electrons. The Labute approximate surface area is 92.7 Å². The van der Waals surface area contributed by atoms with E-state index in [0.29, 0.717) is 5.39 Å². The van der Waals surface area contributed by atoms with E-state index in [1.165, 1.54) is 16.7 Å². The summed E-state index contributed by atoms with van der Waals surface area (Å²) in [7, 11) is 0. The SMILES string of the molecule is CC(F)(F)c1csc2ccc(Br)cc12. The third kappa shape index (κ3) is 1.68. The number of thiophene rings is 1. The van der Waals surface area contributed by atoms with E-state index in [9.17, 15) is 8.78 Å². The second-order valence-corrected chi connectivity index (χ2v) is 5.01. The second-order valence-electron chi connectivity index (χ2n) is 3.18. The van der Waals surface area contributed by atoms with Crippen molar-refractivity contribution in [1.29, 1.82) is 0 Å². The minimum atomic E-state index is -2.76. The molecule has 0 N–H and O–H groups in total. The lowest BCUT2D eigenvalue weighted by Gasteiger charge is -2.08. The average molecular weight is 277 g/mol. The zero-order chi connectivity index (χ0) is 10.3. The van der Waals surface area contributed by atoms with Crippen LogP contribution in [0.5, 0.6) is 0 Å². The number of benzene rings is 1. The molecule has 0 amide bonds. The Morgan fingerprint density at radius 3 is 2.71 bits per heavy atom. The van der Waals surface area contributed by atoms with Gasteiger partial charge < -0.3 is 0 Å². The third-order valence-electron chi connectivity index (χ3n) is 2.01. The lowest BCUT2D eigenvalue weighted by Crippen LogP contribution is -2.05. The van der Waals surface area contributed by atoms with Crippen molar-refractivity contribution in [3.8, 4) is 0 Å². The summed E-state index contributed by atoms with van der Waals surface area (Å²) in [6.07, 6.45) is 0. The van der Waals surface area contributed by atoms with Crippen LogP contribution in [0.4, 0.5) is 8.78 Å². The summed E-state index contributed by atoms with van der Waals surface area (Å²) in [5, 5.41) is 2.16. The van der Waals surface area contributed by atoms with E-state index in [1.807, 2.05) is 12.1 Å². The van der Waals surface area contributed by atoms with Gasteiger partial charge in [-0.1, -0.05) is 15.9 Å². The topological polar surface area (TPSA) is 0 Å². The first kappa shape index (κ1) is 10.1. The van der Waals surface area contributed by atoms with Crippen molar-refractivity contribution in [3.05, 3.63) is 33.6 Å². The van der Waals surface area contributed by atoms with Crippen LogP contribution in [0.1, 0.15) is 12.5 Å². The standard InChI is InChI=1S/C10H7BrF2S/c1-10(12,13)8-5-14-9-3-2-6(11)4-7(8)9/h2-5H,1H3. The van der Waals surface area contributed by atoms with Crippen molar-refractivity contribution < 1.29 is 8.78 Å². The van der Waals surface area contributed by atoms with Gasteiger partial charge in [-0.15, -0.1) is 11.3 Å². The number of fused-ring (bicyclic) bond motifs is 1. The molecule has 0 aliphatic rings. The Hall–Kier alpha value is -0.480. The highest BCUT2D eigenvalue weighted by Gasteiger charge is 2.27. The van der Waals surface area contributed by atoms with Crippen LogP contribution in [0.15, 0.2) is 28.1 Å². The maximum Gasteiger partial charge on any atom is 0.271 e. The second kappa shape index (κ2) is 3.28. The lowest BCUT2D eigenvalue weighted by atomic mass is 10.1. The fraction of sp³-hybridized carbons (Fsp3) is 0.200. The normalized spacial score (nSPS) is 12.3. The highest BCUT2D eigenvalue weighted by Crippen LogP contribution is 2.37. The predicted octanol–water partition coefficient (Wildman–Crippen LogP) is 4.78. The molecule has 4 heteroatoms. The Kier molecular flexibility index (Phi) is 2.35. The lowest BCUT2D eigenvalue weighted by molar-refractivity contribution is 0.0195. The van der Waals surface area contributed by atoms with Gasteiger partial charge in [-0.25, -0.2) is 8.78 Å². The molecule has 1 heterocycles. The van der Waals surface area contributed by atoms with E-state index in [0.717, 1.165) is 16.1 Å². The molecule has 74 valence electrons. The Bertz CT molecular complexity index is 470. The minimum absolute atomic E-state index is 0.110.